The Morgan fingerprint density at radius 2 is 1.45 bits per heavy atom. The first-order valence-corrected chi connectivity index (χ1v) is 10.1. The van der Waals surface area contributed by atoms with Crippen molar-refractivity contribution in [1.82, 2.24) is 5.32 Å². The molecule has 7 heteroatoms. The van der Waals surface area contributed by atoms with Crippen molar-refractivity contribution in [2.75, 3.05) is 5.32 Å². The fraction of sp³-hybridized carbons (Fsp3) is 0. The number of nitrogens with one attached hydrogen (secondary N) is 2. The van der Waals surface area contributed by atoms with Gasteiger partial charge in [-0.2, -0.15) is 0 Å². The number of anilines is 1. The number of nitro groups is 1. The van der Waals surface area contributed by atoms with E-state index in [9.17, 15) is 19.7 Å². The van der Waals surface area contributed by atoms with Gasteiger partial charge < -0.3 is 10.6 Å². The summed E-state index contributed by atoms with van der Waals surface area (Å²) in [6.07, 6.45) is 1.48. The van der Waals surface area contributed by atoms with E-state index in [2.05, 4.69) is 10.6 Å². The molecule has 4 aromatic rings. The fourth-order valence-electron chi connectivity index (χ4n) is 3.33. The number of non-ortho nitro benzene ring substituents is 1. The zero-order chi connectivity index (χ0) is 23.2. The van der Waals surface area contributed by atoms with Gasteiger partial charge in [-0.1, -0.05) is 54.6 Å². The van der Waals surface area contributed by atoms with Crippen LogP contribution in [0.4, 0.5) is 11.4 Å². The van der Waals surface area contributed by atoms with Crippen LogP contribution in [0.1, 0.15) is 15.9 Å². The standard InChI is InChI=1S/C26H19N3O4/c30-25(20-8-2-1-3-9-20)28-24(17-18-13-15-21(16-14-18)29(32)33)26(31)27-23-12-6-10-19-7-4-5-11-22(19)23/h1-17H,(H,27,31)(H,28,30)/b24-17+. The Labute approximate surface area is 189 Å². The highest BCUT2D eigenvalue weighted by Crippen LogP contribution is 2.23. The van der Waals surface area contributed by atoms with Crippen LogP contribution in [0, 0.1) is 10.1 Å². The van der Waals surface area contributed by atoms with E-state index in [1.165, 1.54) is 30.3 Å². The second-order valence-electron chi connectivity index (χ2n) is 7.21. The number of fused-ring (bicyclic) bond motifs is 1. The van der Waals surface area contributed by atoms with Crippen LogP contribution in [0.2, 0.25) is 0 Å². The van der Waals surface area contributed by atoms with Gasteiger partial charge in [-0.25, -0.2) is 0 Å². The van der Waals surface area contributed by atoms with Gasteiger partial charge in [-0.15, -0.1) is 0 Å². The molecule has 2 amide bonds. The maximum Gasteiger partial charge on any atom is 0.272 e. The number of carbonyl (C=O) groups is 2. The third-order valence-electron chi connectivity index (χ3n) is 4.98. The number of amides is 2. The summed E-state index contributed by atoms with van der Waals surface area (Å²) in [5.41, 5.74) is 1.46. The minimum atomic E-state index is -0.519. The number of hydrogen-bond donors (Lipinski definition) is 2. The van der Waals surface area contributed by atoms with Crippen molar-refractivity contribution in [1.29, 1.82) is 0 Å². The molecule has 0 aromatic heterocycles. The second kappa shape index (κ2) is 9.57. The maximum atomic E-state index is 13.2. The predicted octanol–water partition coefficient (Wildman–Crippen LogP) is 5.16. The van der Waals surface area contributed by atoms with Gasteiger partial charge in [-0.05, 0) is 47.4 Å². The minimum Gasteiger partial charge on any atom is -0.320 e. The molecule has 4 rings (SSSR count). The van der Waals surface area contributed by atoms with E-state index in [1.807, 2.05) is 36.4 Å². The van der Waals surface area contributed by atoms with Crippen molar-refractivity contribution in [3.05, 3.63) is 124 Å². The van der Waals surface area contributed by atoms with Crippen LogP contribution in [-0.2, 0) is 4.79 Å². The summed E-state index contributed by atoms with van der Waals surface area (Å²) in [6, 6.07) is 27.4. The van der Waals surface area contributed by atoms with Crippen molar-refractivity contribution < 1.29 is 14.5 Å². The summed E-state index contributed by atoms with van der Waals surface area (Å²) in [6.45, 7) is 0. The molecule has 0 atom stereocenters. The molecule has 0 spiro atoms. The van der Waals surface area contributed by atoms with Crippen molar-refractivity contribution in [3.63, 3.8) is 0 Å². The Bertz CT molecular complexity index is 1360. The van der Waals surface area contributed by atoms with Gasteiger partial charge in [0.15, 0.2) is 0 Å². The molecular weight excluding hydrogens is 418 g/mol. The second-order valence-corrected chi connectivity index (χ2v) is 7.21. The number of nitrogens with zero attached hydrogens (tertiary/aromatic N) is 1. The van der Waals surface area contributed by atoms with Crippen LogP contribution in [0.5, 0.6) is 0 Å². The molecule has 2 N–H and O–H groups in total. The van der Waals surface area contributed by atoms with E-state index in [0.717, 1.165) is 10.8 Å². The molecule has 0 unspecified atom stereocenters. The number of carbonyl (C=O) groups excluding carboxylic acids is 2. The molecule has 0 saturated carbocycles. The monoisotopic (exact) mass is 437 g/mol. The lowest BCUT2D eigenvalue weighted by Gasteiger charge is -2.13. The van der Waals surface area contributed by atoms with Crippen molar-refractivity contribution in [3.8, 4) is 0 Å². The van der Waals surface area contributed by atoms with Crippen molar-refractivity contribution in [2.45, 2.75) is 0 Å². The Morgan fingerprint density at radius 3 is 2.18 bits per heavy atom. The van der Waals surface area contributed by atoms with Gasteiger partial charge in [0.25, 0.3) is 17.5 Å². The molecular formula is C26H19N3O4. The Morgan fingerprint density at radius 1 is 0.788 bits per heavy atom. The van der Waals surface area contributed by atoms with Gasteiger partial charge in [0.1, 0.15) is 5.70 Å². The molecule has 33 heavy (non-hydrogen) atoms. The van der Waals surface area contributed by atoms with Crippen LogP contribution in [0.25, 0.3) is 16.8 Å². The molecule has 0 aliphatic rings. The molecule has 0 fully saturated rings. The summed E-state index contributed by atoms with van der Waals surface area (Å²) in [7, 11) is 0. The summed E-state index contributed by atoms with van der Waals surface area (Å²) in [4.78, 5) is 36.4. The maximum absolute atomic E-state index is 13.2. The fourth-order valence-corrected chi connectivity index (χ4v) is 3.33. The number of hydrogen-bond acceptors (Lipinski definition) is 4. The lowest BCUT2D eigenvalue weighted by Crippen LogP contribution is -2.30. The molecule has 0 heterocycles. The Balaban J connectivity index is 1.67. The van der Waals surface area contributed by atoms with E-state index in [-0.39, 0.29) is 11.4 Å². The average molecular weight is 437 g/mol. The molecule has 162 valence electrons. The smallest absolute Gasteiger partial charge is 0.272 e. The largest absolute Gasteiger partial charge is 0.320 e. The van der Waals surface area contributed by atoms with E-state index in [1.54, 1.807) is 36.4 Å². The molecule has 0 saturated heterocycles. The first-order valence-electron chi connectivity index (χ1n) is 10.1. The molecule has 4 aromatic carbocycles. The SMILES string of the molecule is O=C(Nc1cccc2ccccc12)/C(=C\c1ccc([N+](=O)[O-])cc1)NC(=O)c1ccccc1. The van der Waals surface area contributed by atoms with Gasteiger partial charge in [0.05, 0.1) is 4.92 Å². The molecule has 7 nitrogen and oxygen atoms in total. The third-order valence-corrected chi connectivity index (χ3v) is 4.98. The van der Waals surface area contributed by atoms with Crippen LogP contribution >= 0.6 is 0 Å². The van der Waals surface area contributed by atoms with Gasteiger partial charge >= 0.3 is 0 Å². The van der Waals surface area contributed by atoms with E-state index in [0.29, 0.717) is 16.8 Å². The average Bonchev–Trinajstić information content (AvgIpc) is 2.84. The summed E-state index contributed by atoms with van der Waals surface area (Å²) >= 11 is 0. The van der Waals surface area contributed by atoms with E-state index >= 15 is 0 Å². The highest BCUT2D eigenvalue weighted by molar-refractivity contribution is 6.13. The normalized spacial score (nSPS) is 11.1. The highest BCUT2D eigenvalue weighted by Gasteiger charge is 2.16. The first-order chi connectivity index (χ1) is 16.0. The molecule has 0 radical (unpaired) electrons. The van der Waals surface area contributed by atoms with Gasteiger partial charge in [0, 0.05) is 28.8 Å². The number of benzene rings is 4. The Kier molecular flexibility index (Phi) is 6.22. The molecule has 0 bridgehead atoms. The van der Waals surface area contributed by atoms with Crippen LogP contribution in [-0.4, -0.2) is 16.7 Å². The summed E-state index contributed by atoms with van der Waals surface area (Å²) in [5, 5.41) is 18.3. The molecule has 0 aliphatic heterocycles. The first kappa shape index (κ1) is 21.5. The van der Waals surface area contributed by atoms with Crippen molar-refractivity contribution >= 4 is 40.0 Å². The summed E-state index contributed by atoms with van der Waals surface area (Å²) in [5.74, 6) is -0.967. The Hall–Kier alpha value is -4.78. The van der Waals surface area contributed by atoms with E-state index < -0.39 is 16.7 Å². The van der Waals surface area contributed by atoms with Gasteiger partial charge in [0.2, 0.25) is 0 Å². The predicted molar refractivity (Wildman–Crippen MR) is 128 cm³/mol. The topological polar surface area (TPSA) is 101 Å². The van der Waals surface area contributed by atoms with Gasteiger partial charge in [-0.3, -0.25) is 19.7 Å². The van der Waals surface area contributed by atoms with Crippen LogP contribution in [0.3, 0.4) is 0 Å². The number of nitro benzene ring substituents is 1. The minimum absolute atomic E-state index is 0.00522. The quantitative estimate of drug-likeness (QED) is 0.247. The number of rotatable bonds is 6. The highest BCUT2D eigenvalue weighted by atomic mass is 16.6. The van der Waals surface area contributed by atoms with E-state index in [4.69, 9.17) is 0 Å². The zero-order valence-corrected chi connectivity index (χ0v) is 17.4. The third kappa shape index (κ3) is 5.11. The van der Waals surface area contributed by atoms with Crippen molar-refractivity contribution in [2.24, 2.45) is 0 Å². The summed E-state index contributed by atoms with van der Waals surface area (Å²) < 4.78 is 0. The lowest BCUT2D eigenvalue weighted by molar-refractivity contribution is -0.384. The van der Waals surface area contributed by atoms with Crippen LogP contribution < -0.4 is 10.6 Å². The lowest BCUT2D eigenvalue weighted by atomic mass is 10.1. The van der Waals surface area contributed by atoms with Crippen LogP contribution in [0.15, 0.2) is 103 Å². The molecule has 0 aliphatic carbocycles. The zero-order valence-electron chi connectivity index (χ0n) is 17.4.